The van der Waals surface area contributed by atoms with Gasteiger partial charge in [-0.2, -0.15) is 0 Å². The van der Waals surface area contributed by atoms with Gasteiger partial charge in [0.05, 0.1) is 0 Å². The second kappa shape index (κ2) is 3.88. The number of hydrogen-bond donors (Lipinski definition) is 1. The number of rotatable bonds is 1. The first-order valence-corrected chi connectivity index (χ1v) is 5.84. The fourth-order valence-corrected chi connectivity index (χ4v) is 2.64. The number of para-hydroxylation sites is 1. The molecule has 0 bridgehead atoms. The van der Waals surface area contributed by atoms with Crippen molar-refractivity contribution in [2.24, 2.45) is 0 Å². The molecule has 0 amide bonds. The molecule has 2 aromatic rings. The molecule has 3 heteroatoms. The van der Waals surface area contributed by atoms with Crippen molar-refractivity contribution < 1.29 is 9.90 Å². The number of hydrogen-bond acceptors (Lipinski definition) is 2. The molecule has 1 heterocycles. The Bertz CT molecular complexity index is 621. The number of carboxylic acids is 1. The van der Waals surface area contributed by atoms with Gasteiger partial charge < -0.3 is 10.0 Å². The summed E-state index contributed by atoms with van der Waals surface area (Å²) in [5.41, 5.74) is 3.92. The van der Waals surface area contributed by atoms with Crippen LogP contribution in [0.1, 0.15) is 11.6 Å². The van der Waals surface area contributed by atoms with E-state index in [2.05, 4.69) is 0 Å². The van der Waals surface area contributed by atoms with E-state index in [-0.39, 0.29) is 0 Å². The van der Waals surface area contributed by atoms with E-state index in [1.165, 1.54) is 0 Å². The fourth-order valence-electron chi connectivity index (χ4n) is 2.64. The second-order valence-corrected chi connectivity index (χ2v) is 4.46. The van der Waals surface area contributed by atoms with Crippen LogP contribution >= 0.6 is 0 Å². The molecule has 3 nitrogen and oxygen atoms in total. The lowest BCUT2D eigenvalue weighted by atomic mass is 9.88. The predicted octanol–water partition coefficient (Wildman–Crippen LogP) is 2.93. The topological polar surface area (TPSA) is 40.5 Å². The summed E-state index contributed by atoms with van der Waals surface area (Å²) in [6, 6.07) is 15.0. The second-order valence-electron chi connectivity index (χ2n) is 4.46. The van der Waals surface area contributed by atoms with E-state index in [0.29, 0.717) is 0 Å². The summed E-state index contributed by atoms with van der Waals surface area (Å²) in [5.74, 6) is -0.820. The molecule has 0 spiro atoms. The van der Waals surface area contributed by atoms with Crippen LogP contribution in [0.3, 0.4) is 0 Å². The molecule has 1 unspecified atom stereocenters. The minimum atomic E-state index is -0.820. The molecule has 3 rings (SSSR count). The number of carboxylic acid groups (broad SMARTS) is 1. The Labute approximate surface area is 105 Å². The summed E-state index contributed by atoms with van der Waals surface area (Å²) < 4.78 is 0. The molecule has 0 fully saturated rings. The summed E-state index contributed by atoms with van der Waals surface area (Å²) in [4.78, 5) is 13.3. The van der Waals surface area contributed by atoms with E-state index in [0.717, 1.165) is 22.4 Å². The summed E-state index contributed by atoms with van der Waals surface area (Å²) in [7, 11) is 1.83. The van der Waals surface area contributed by atoms with Gasteiger partial charge in [0.15, 0.2) is 6.04 Å². The van der Waals surface area contributed by atoms with Gasteiger partial charge in [-0.15, -0.1) is 0 Å². The smallest absolute Gasteiger partial charge is 0.331 e. The molecule has 90 valence electrons. The van der Waals surface area contributed by atoms with Gasteiger partial charge in [-0.1, -0.05) is 42.5 Å². The van der Waals surface area contributed by atoms with Crippen LogP contribution in [0.4, 0.5) is 5.69 Å². The van der Waals surface area contributed by atoms with Gasteiger partial charge in [-0.25, -0.2) is 4.79 Å². The Balaban J connectivity index is 2.31. The molecular formula is C15H13NO2. The Morgan fingerprint density at radius 3 is 2.39 bits per heavy atom. The monoisotopic (exact) mass is 239 g/mol. The maximum Gasteiger partial charge on any atom is 0.331 e. The summed E-state index contributed by atoms with van der Waals surface area (Å²) >= 11 is 0. The molecule has 0 saturated carbocycles. The highest BCUT2D eigenvalue weighted by molar-refractivity contribution is 5.92. The first-order valence-electron chi connectivity index (χ1n) is 5.84. The lowest BCUT2D eigenvalue weighted by Gasteiger charge is -2.35. The number of nitrogens with zero attached hydrogens (tertiary/aromatic N) is 1. The molecule has 1 N–H and O–H groups in total. The largest absolute Gasteiger partial charge is 0.479 e. The highest BCUT2D eigenvalue weighted by Gasteiger charge is 2.32. The molecule has 18 heavy (non-hydrogen) atoms. The summed E-state index contributed by atoms with van der Waals surface area (Å²) in [6.07, 6.45) is 0. The van der Waals surface area contributed by atoms with Crippen LogP contribution in [0.25, 0.3) is 11.1 Å². The number of fused-ring (bicyclic) bond motifs is 3. The van der Waals surface area contributed by atoms with Crippen molar-refractivity contribution in [2.75, 3.05) is 11.9 Å². The van der Waals surface area contributed by atoms with E-state index in [1.54, 1.807) is 0 Å². The van der Waals surface area contributed by atoms with E-state index < -0.39 is 12.0 Å². The highest BCUT2D eigenvalue weighted by Crippen LogP contribution is 2.43. The zero-order chi connectivity index (χ0) is 12.7. The van der Waals surface area contributed by atoms with Gasteiger partial charge in [-0.3, -0.25) is 0 Å². The SMILES string of the molecule is CN1c2ccccc2-c2ccccc2C1C(=O)O. The van der Waals surface area contributed by atoms with E-state index in [4.69, 9.17) is 0 Å². The maximum absolute atomic E-state index is 11.5. The third-order valence-corrected chi connectivity index (χ3v) is 3.45. The highest BCUT2D eigenvalue weighted by atomic mass is 16.4. The van der Waals surface area contributed by atoms with Crippen molar-refractivity contribution in [1.82, 2.24) is 0 Å². The zero-order valence-electron chi connectivity index (χ0n) is 10.00. The van der Waals surface area contributed by atoms with Crippen LogP contribution in [-0.2, 0) is 4.79 Å². The number of likely N-dealkylation sites (N-methyl/N-ethyl adjacent to an activating group) is 1. The van der Waals surface area contributed by atoms with Crippen molar-refractivity contribution in [3.8, 4) is 11.1 Å². The average Bonchev–Trinajstić information content (AvgIpc) is 2.39. The zero-order valence-corrected chi connectivity index (χ0v) is 10.00. The first-order chi connectivity index (χ1) is 8.70. The fraction of sp³-hybridized carbons (Fsp3) is 0.133. The van der Waals surface area contributed by atoms with Crippen molar-refractivity contribution in [2.45, 2.75) is 6.04 Å². The Morgan fingerprint density at radius 1 is 1.06 bits per heavy atom. The molecule has 2 aromatic carbocycles. The van der Waals surface area contributed by atoms with Gasteiger partial charge in [0, 0.05) is 18.3 Å². The minimum Gasteiger partial charge on any atom is -0.479 e. The third kappa shape index (κ3) is 1.40. The maximum atomic E-state index is 11.5. The normalized spacial score (nSPS) is 16.9. The molecule has 0 saturated heterocycles. The third-order valence-electron chi connectivity index (χ3n) is 3.45. The molecular weight excluding hydrogens is 226 g/mol. The molecule has 0 radical (unpaired) electrons. The van der Waals surface area contributed by atoms with Gasteiger partial charge in [0.2, 0.25) is 0 Å². The first kappa shape index (κ1) is 10.8. The van der Waals surface area contributed by atoms with Crippen LogP contribution in [0, 0.1) is 0 Å². The molecule has 1 atom stereocenters. The van der Waals surface area contributed by atoms with Crippen LogP contribution in [0.2, 0.25) is 0 Å². The Hall–Kier alpha value is -2.29. The minimum absolute atomic E-state index is 0.615. The van der Waals surface area contributed by atoms with Crippen molar-refractivity contribution in [3.63, 3.8) is 0 Å². The van der Waals surface area contributed by atoms with Crippen LogP contribution in [0.5, 0.6) is 0 Å². The average molecular weight is 239 g/mol. The van der Waals surface area contributed by atoms with Crippen LogP contribution in [0.15, 0.2) is 48.5 Å². The molecule has 0 aromatic heterocycles. The van der Waals surface area contributed by atoms with E-state index in [1.807, 2.05) is 60.5 Å². The Kier molecular flexibility index (Phi) is 2.33. The predicted molar refractivity (Wildman–Crippen MR) is 70.7 cm³/mol. The lowest BCUT2D eigenvalue weighted by Crippen LogP contribution is -2.33. The number of aliphatic carboxylic acids is 1. The van der Waals surface area contributed by atoms with Crippen LogP contribution in [-0.4, -0.2) is 18.1 Å². The van der Waals surface area contributed by atoms with E-state index in [9.17, 15) is 9.90 Å². The van der Waals surface area contributed by atoms with Crippen LogP contribution < -0.4 is 4.90 Å². The Morgan fingerprint density at radius 2 is 1.67 bits per heavy atom. The summed E-state index contributed by atoms with van der Waals surface area (Å²) in [5, 5.41) is 9.44. The molecule has 1 aliphatic rings. The molecule has 0 aliphatic carbocycles. The molecule has 1 aliphatic heterocycles. The van der Waals surface area contributed by atoms with Gasteiger partial charge >= 0.3 is 5.97 Å². The standard InChI is InChI=1S/C15H13NO2/c1-16-13-9-5-4-7-11(13)10-6-2-3-8-12(10)14(16)15(17)18/h2-9,14H,1H3,(H,17,18). The summed E-state index contributed by atoms with van der Waals surface area (Å²) in [6.45, 7) is 0. The van der Waals surface area contributed by atoms with E-state index >= 15 is 0 Å². The number of carbonyl (C=O) groups is 1. The quantitative estimate of drug-likeness (QED) is 0.831. The lowest BCUT2D eigenvalue weighted by molar-refractivity contribution is -0.138. The van der Waals surface area contributed by atoms with Gasteiger partial charge in [0.1, 0.15) is 0 Å². The van der Waals surface area contributed by atoms with Gasteiger partial charge in [0.25, 0.3) is 0 Å². The van der Waals surface area contributed by atoms with Crippen molar-refractivity contribution in [3.05, 3.63) is 54.1 Å². The number of benzene rings is 2. The van der Waals surface area contributed by atoms with Crippen molar-refractivity contribution in [1.29, 1.82) is 0 Å². The van der Waals surface area contributed by atoms with Crippen molar-refractivity contribution >= 4 is 11.7 Å². The van der Waals surface area contributed by atoms with Gasteiger partial charge in [-0.05, 0) is 17.2 Å². The number of anilines is 1.